The van der Waals surface area contributed by atoms with E-state index in [1.807, 2.05) is 48.6 Å². The molecule has 0 aliphatic heterocycles. The van der Waals surface area contributed by atoms with Gasteiger partial charge in [0.05, 0.1) is 33.7 Å². The lowest BCUT2D eigenvalue weighted by Crippen LogP contribution is -2.36. The maximum atomic E-state index is 12.9. The quantitative estimate of drug-likeness (QED) is 0.399. The van der Waals surface area contributed by atoms with Gasteiger partial charge < -0.3 is 10.4 Å². The van der Waals surface area contributed by atoms with Crippen molar-refractivity contribution in [2.24, 2.45) is 23.7 Å². The molecule has 2 aliphatic rings. The van der Waals surface area contributed by atoms with Crippen molar-refractivity contribution in [2.45, 2.75) is 16.5 Å². The third kappa shape index (κ3) is 3.78. The molecule has 2 aliphatic carbocycles. The van der Waals surface area contributed by atoms with Gasteiger partial charge in [-0.2, -0.15) is 5.26 Å². The molecule has 0 saturated heterocycles. The van der Waals surface area contributed by atoms with Gasteiger partial charge in [-0.15, -0.1) is 11.3 Å². The van der Waals surface area contributed by atoms with Gasteiger partial charge in [0, 0.05) is 11.4 Å². The molecule has 1 fully saturated rings. The number of carboxylic acid groups (broad SMARTS) is 1. The molecule has 1 aromatic heterocycles. The van der Waals surface area contributed by atoms with Crippen molar-refractivity contribution in [1.82, 2.24) is 4.98 Å². The minimum atomic E-state index is -0.903. The highest BCUT2D eigenvalue weighted by atomic mass is 32.2. The number of benzene rings is 2. The first kappa shape index (κ1) is 20.7. The minimum Gasteiger partial charge on any atom is -0.481 e. The molecule has 8 heteroatoms. The van der Waals surface area contributed by atoms with Gasteiger partial charge in [-0.25, -0.2) is 4.98 Å². The molecule has 160 valence electrons. The van der Waals surface area contributed by atoms with E-state index < -0.39 is 17.8 Å². The molecule has 0 unspecified atom stereocenters. The number of carbonyl (C=O) groups is 2. The van der Waals surface area contributed by atoms with Gasteiger partial charge in [-0.3, -0.25) is 9.59 Å². The predicted molar refractivity (Wildman–Crippen MR) is 124 cm³/mol. The van der Waals surface area contributed by atoms with Gasteiger partial charge in [0.15, 0.2) is 4.34 Å². The Morgan fingerprint density at radius 3 is 2.75 bits per heavy atom. The first-order chi connectivity index (χ1) is 15.5. The van der Waals surface area contributed by atoms with E-state index in [9.17, 15) is 20.0 Å². The molecule has 2 N–H and O–H groups in total. The van der Waals surface area contributed by atoms with Crippen LogP contribution in [0.5, 0.6) is 0 Å². The summed E-state index contributed by atoms with van der Waals surface area (Å²) in [6.07, 6.45) is 4.65. The first-order valence-electron chi connectivity index (χ1n) is 10.3. The summed E-state index contributed by atoms with van der Waals surface area (Å²) in [5.74, 6) is -1.74. The second-order valence-corrected chi connectivity index (χ2v) is 10.3. The molecule has 2 bridgehead atoms. The van der Waals surface area contributed by atoms with Gasteiger partial charge in [-0.05, 0) is 48.1 Å². The minimum absolute atomic E-state index is 0.00692. The Kier molecular flexibility index (Phi) is 5.45. The summed E-state index contributed by atoms with van der Waals surface area (Å²) < 4.78 is 1.84. The maximum absolute atomic E-state index is 12.9. The third-order valence-corrected chi connectivity index (χ3v) is 8.38. The standard InChI is InChI=1S/C24H19N3O3S2/c25-11-15-3-1-2-4-16(15)12-31-24-27-18-8-7-17(10-19(18)32-24)26-22(28)20-13-5-6-14(9-13)21(20)23(29)30/h1-8,10,13-14,20-21H,9,12H2,(H,26,28)(H,29,30)/t13-,14-,20-,21-/m0/s1. The van der Waals surface area contributed by atoms with Crippen molar-refractivity contribution >= 4 is 50.9 Å². The maximum Gasteiger partial charge on any atom is 0.307 e. The number of thioether (sulfide) groups is 1. The van der Waals surface area contributed by atoms with Gasteiger partial charge in [-0.1, -0.05) is 42.1 Å². The fourth-order valence-electron chi connectivity index (χ4n) is 4.68. The Morgan fingerprint density at radius 2 is 1.97 bits per heavy atom. The number of nitrogens with one attached hydrogen (secondary N) is 1. The number of fused-ring (bicyclic) bond motifs is 3. The Hall–Kier alpha value is -3.15. The van der Waals surface area contributed by atoms with Crippen LogP contribution in [0.2, 0.25) is 0 Å². The summed E-state index contributed by atoms with van der Waals surface area (Å²) in [4.78, 5) is 29.3. The van der Waals surface area contributed by atoms with Crippen LogP contribution in [0, 0.1) is 35.0 Å². The topological polar surface area (TPSA) is 103 Å². The van der Waals surface area contributed by atoms with Crippen molar-refractivity contribution in [3.05, 3.63) is 65.7 Å². The lowest BCUT2D eigenvalue weighted by atomic mass is 9.82. The molecule has 1 saturated carbocycles. The molecule has 0 radical (unpaired) electrons. The Morgan fingerprint density at radius 1 is 1.19 bits per heavy atom. The fourth-order valence-corrected chi connectivity index (χ4v) is 6.79. The Bertz CT molecular complexity index is 1290. The lowest BCUT2D eigenvalue weighted by molar-refractivity contribution is -0.146. The lowest BCUT2D eigenvalue weighted by Gasteiger charge is -2.23. The summed E-state index contributed by atoms with van der Waals surface area (Å²) in [7, 11) is 0. The zero-order chi connectivity index (χ0) is 22.2. The summed E-state index contributed by atoms with van der Waals surface area (Å²) in [6, 6.07) is 15.3. The van der Waals surface area contributed by atoms with Crippen molar-refractivity contribution < 1.29 is 14.7 Å². The molecule has 2 aromatic carbocycles. The van der Waals surface area contributed by atoms with E-state index in [1.54, 1.807) is 17.8 Å². The summed E-state index contributed by atoms with van der Waals surface area (Å²) in [5, 5.41) is 21.8. The number of hydrogen-bond donors (Lipinski definition) is 2. The van der Waals surface area contributed by atoms with Crippen LogP contribution >= 0.6 is 23.1 Å². The zero-order valence-electron chi connectivity index (χ0n) is 16.9. The SMILES string of the molecule is N#Cc1ccccc1CSc1nc2ccc(NC(=O)[C@@H]3[C@@H](C(=O)O)[C@H]4C=C[C@H]3C4)cc2s1. The average Bonchev–Trinajstić information content (AvgIpc) is 3.51. The van der Waals surface area contributed by atoms with Crippen LogP contribution in [-0.2, 0) is 15.3 Å². The smallest absolute Gasteiger partial charge is 0.307 e. The molecule has 4 atom stereocenters. The molecular weight excluding hydrogens is 442 g/mol. The van der Waals surface area contributed by atoms with Crippen LogP contribution in [0.25, 0.3) is 10.2 Å². The van der Waals surface area contributed by atoms with Gasteiger partial charge >= 0.3 is 5.97 Å². The van der Waals surface area contributed by atoms with E-state index in [-0.39, 0.29) is 17.7 Å². The number of nitrogens with zero attached hydrogens (tertiary/aromatic N) is 2. The zero-order valence-corrected chi connectivity index (χ0v) is 18.5. The number of allylic oxidation sites excluding steroid dienone is 2. The predicted octanol–water partition coefficient (Wildman–Crippen LogP) is 4.92. The second-order valence-electron chi connectivity index (χ2n) is 8.05. The number of amides is 1. The highest BCUT2D eigenvalue weighted by molar-refractivity contribution is 8.00. The molecule has 5 rings (SSSR count). The third-order valence-electron chi connectivity index (χ3n) is 6.17. The number of carbonyl (C=O) groups excluding carboxylic acids is 1. The Labute approximate surface area is 193 Å². The largest absolute Gasteiger partial charge is 0.481 e. The normalized spacial score (nSPS) is 23.3. The van der Waals surface area contributed by atoms with Crippen molar-refractivity contribution in [1.29, 1.82) is 5.26 Å². The average molecular weight is 462 g/mol. The van der Waals surface area contributed by atoms with Crippen LogP contribution in [0.1, 0.15) is 17.5 Å². The van der Waals surface area contributed by atoms with Crippen LogP contribution < -0.4 is 5.32 Å². The monoisotopic (exact) mass is 461 g/mol. The van der Waals surface area contributed by atoms with Crippen molar-refractivity contribution in [3.63, 3.8) is 0 Å². The summed E-state index contributed by atoms with van der Waals surface area (Å²) in [5.41, 5.74) is 3.13. The number of anilines is 1. The Balaban J connectivity index is 1.30. The summed E-state index contributed by atoms with van der Waals surface area (Å²) in [6.45, 7) is 0. The highest BCUT2D eigenvalue weighted by Crippen LogP contribution is 2.48. The molecule has 3 aromatic rings. The van der Waals surface area contributed by atoms with E-state index in [2.05, 4.69) is 16.4 Å². The van der Waals surface area contributed by atoms with Gasteiger partial charge in [0.2, 0.25) is 5.91 Å². The van der Waals surface area contributed by atoms with Gasteiger partial charge in [0.1, 0.15) is 0 Å². The van der Waals surface area contributed by atoms with E-state index in [0.29, 0.717) is 17.0 Å². The molecule has 1 heterocycles. The van der Waals surface area contributed by atoms with E-state index in [0.717, 1.165) is 26.5 Å². The van der Waals surface area contributed by atoms with Crippen LogP contribution in [-0.4, -0.2) is 22.0 Å². The van der Waals surface area contributed by atoms with Crippen LogP contribution in [0.4, 0.5) is 5.69 Å². The van der Waals surface area contributed by atoms with E-state index in [1.165, 1.54) is 11.3 Å². The molecule has 32 heavy (non-hydrogen) atoms. The number of aromatic nitrogens is 1. The number of aliphatic carboxylic acids is 1. The number of carboxylic acids is 1. The molecule has 6 nitrogen and oxygen atoms in total. The second kappa shape index (κ2) is 8.41. The number of thiazole rings is 1. The van der Waals surface area contributed by atoms with E-state index in [4.69, 9.17) is 0 Å². The summed E-state index contributed by atoms with van der Waals surface area (Å²) >= 11 is 3.11. The number of nitriles is 1. The molecular formula is C24H19N3O3S2. The van der Waals surface area contributed by atoms with E-state index >= 15 is 0 Å². The molecule has 1 amide bonds. The number of hydrogen-bond acceptors (Lipinski definition) is 6. The van der Waals surface area contributed by atoms with Crippen molar-refractivity contribution in [3.8, 4) is 6.07 Å². The van der Waals surface area contributed by atoms with Crippen LogP contribution in [0.3, 0.4) is 0 Å². The van der Waals surface area contributed by atoms with Crippen molar-refractivity contribution in [2.75, 3.05) is 5.32 Å². The molecule has 0 spiro atoms. The highest BCUT2D eigenvalue weighted by Gasteiger charge is 2.51. The fraction of sp³-hybridized carbons (Fsp3) is 0.250. The van der Waals surface area contributed by atoms with Crippen LogP contribution in [0.15, 0.2) is 59.0 Å². The first-order valence-corrected chi connectivity index (χ1v) is 12.1. The van der Waals surface area contributed by atoms with Gasteiger partial charge in [0.25, 0.3) is 0 Å². The number of rotatable bonds is 6.